The first-order valence-corrected chi connectivity index (χ1v) is 16.2. The van der Waals surface area contributed by atoms with Gasteiger partial charge in [0, 0.05) is 19.4 Å². The predicted molar refractivity (Wildman–Crippen MR) is 170 cm³/mol. The molecule has 1 rings (SSSR count). The smallest absolute Gasteiger partial charge is 0.303 e. The van der Waals surface area contributed by atoms with Gasteiger partial charge in [-0.25, -0.2) is 0 Å². The molecule has 13 nitrogen and oxygen atoms in total. The minimum atomic E-state index is -1.26. The van der Waals surface area contributed by atoms with Gasteiger partial charge < -0.3 is 36.8 Å². The van der Waals surface area contributed by atoms with E-state index < -0.39 is 59.9 Å². The van der Waals surface area contributed by atoms with Crippen molar-refractivity contribution in [1.82, 2.24) is 26.6 Å². The molecule has 0 aliphatic heterocycles. The molecule has 1 fully saturated rings. The van der Waals surface area contributed by atoms with Crippen LogP contribution in [0, 0.1) is 17.8 Å². The lowest BCUT2D eigenvalue weighted by molar-refractivity contribution is -0.137. The van der Waals surface area contributed by atoms with Gasteiger partial charge >= 0.3 is 5.97 Å². The Hall–Kier alpha value is -3.48. The third kappa shape index (κ3) is 15.9. The zero-order chi connectivity index (χ0) is 34.1. The minimum Gasteiger partial charge on any atom is -0.481 e. The number of amides is 5. The maximum Gasteiger partial charge on any atom is 0.303 e. The summed E-state index contributed by atoms with van der Waals surface area (Å²) in [6.07, 6.45) is 3.29. The number of hydrogen-bond acceptors (Lipinski definition) is 7. The summed E-state index contributed by atoms with van der Waals surface area (Å²) in [5.74, 6) is -3.27. The van der Waals surface area contributed by atoms with Crippen molar-refractivity contribution in [3.63, 3.8) is 0 Å². The molecular formula is C32H55N5O8. The number of aliphatic hydroxyl groups excluding tert-OH is 1. The minimum absolute atomic E-state index is 0.0459. The molecule has 0 radical (unpaired) electrons. The average Bonchev–Trinajstić information content (AvgIpc) is 3.78. The highest BCUT2D eigenvalue weighted by atomic mass is 16.4. The quantitative estimate of drug-likeness (QED) is 0.0817. The van der Waals surface area contributed by atoms with Crippen LogP contribution in [0.3, 0.4) is 0 Å². The molecule has 6 atom stereocenters. The summed E-state index contributed by atoms with van der Waals surface area (Å²) >= 11 is 0. The molecule has 0 aromatic carbocycles. The Morgan fingerprint density at radius 2 is 1.53 bits per heavy atom. The summed E-state index contributed by atoms with van der Waals surface area (Å²) in [5.41, 5.74) is 0. The SMILES string of the molecule is C=CCC(NC(=O)[C@@H](NC(=O)CCCC(=O)O)[C@@H](C)CC)C(=O)N[C@@H](CC(C)C)[C@@H](O)CC(=O)N[C@@H](CC1CC1)C(=O)NCC. The van der Waals surface area contributed by atoms with Gasteiger partial charge in [0.15, 0.2) is 0 Å². The Labute approximate surface area is 267 Å². The second kappa shape index (κ2) is 20.5. The summed E-state index contributed by atoms with van der Waals surface area (Å²) in [5, 5.41) is 33.5. The van der Waals surface area contributed by atoms with E-state index in [1.54, 1.807) is 13.8 Å². The van der Waals surface area contributed by atoms with Crippen LogP contribution in [0.15, 0.2) is 12.7 Å². The van der Waals surface area contributed by atoms with Crippen LogP contribution in [-0.2, 0) is 28.8 Å². The van der Waals surface area contributed by atoms with Crippen LogP contribution in [0.5, 0.6) is 0 Å². The number of carbonyl (C=O) groups is 6. The van der Waals surface area contributed by atoms with Gasteiger partial charge in [-0.3, -0.25) is 28.8 Å². The lowest BCUT2D eigenvalue weighted by Gasteiger charge is -2.29. The molecule has 0 heterocycles. The molecule has 0 bridgehead atoms. The Kier molecular flexibility index (Phi) is 18.0. The average molecular weight is 638 g/mol. The highest BCUT2D eigenvalue weighted by molar-refractivity contribution is 5.92. The molecular weight excluding hydrogens is 582 g/mol. The van der Waals surface area contributed by atoms with Gasteiger partial charge in [0.05, 0.1) is 18.6 Å². The molecule has 45 heavy (non-hydrogen) atoms. The monoisotopic (exact) mass is 637 g/mol. The second-order valence-corrected chi connectivity index (χ2v) is 12.5. The molecule has 13 heteroatoms. The van der Waals surface area contributed by atoms with E-state index >= 15 is 0 Å². The summed E-state index contributed by atoms with van der Waals surface area (Å²) in [6.45, 7) is 13.4. The zero-order valence-corrected chi connectivity index (χ0v) is 27.5. The Morgan fingerprint density at radius 1 is 0.867 bits per heavy atom. The number of rotatable bonds is 23. The Balaban J connectivity index is 2.95. The van der Waals surface area contributed by atoms with Crippen molar-refractivity contribution < 1.29 is 39.0 Å². The van der Waals surface area contributed by atoms with Gasteiger partial charge in [-0.1, -0.05) is 53.0 Å². The van der Waals surface area contributed by atoms with E-state index in [9.17, 15) is 33.9 Å². The van der Waals surface area contributed by atoms with E-state index in [0.717, 1.165) is 12.8 Å². The van der Waals surface area contributed by atoms with Gasteiger partial charge in [-0.05, 0) is 50.4 Å². The first-order valence-electron chi connectivity index (χ1n) is 16.2. The van der Waals surface area contributed by atoms with Crippen LogP contribution < -0.4 is 26.6 Å². The third-order valence-corrected chi connectivity index (χ3v) is 7.82. The molecule has 0 spiro atoms. The number of hydrogen-bond donors (Lipinski definition) is 7. The largest absolute Gasteiger partial charge is 0.481 e. The van der Waals surface area contributed by atoms with E-state index in [-0.39, 0.29) is 49.8 Å². The van der Waals surface area contributed by atoms with Gasteiger partial charge in [-0.15, -0.1) is 6.58 Å². The normalized spacial score (nSPS) is 16.7. The van der Waals surface area contributed by atoms with Crippen LogP contribution in [0.1, 0.15) is 98.8 Å². The van der Waals surface area contributed by atoms with Crippen molar-refractivity contribution >= 4 is 35.5 Å². The molecule has 0 aromatic heterocycles. The van der Waals surface area contributed by atoms with Crippen molar-refractivity contribution in [3.8, 4) is 0 Å². The Morgan fingerprint density at radius 3 is 2.07 bits per heavy atom. The van der Waals surface area contributed by atoms with Crippen LogP contribution in [0.25, 0.3) is 0 Å². The number of nitrogens with one attached hydrogen (secondary N) is 5. The van der Waals surface area contributed by atoms with E-state index in [1.165, 1.54) is 6.08 Å². The van der Waals surface area contributed by atoms with Crippen molar-refractivity contribution in [1.29, 1.82) is 0 Å². The zero-order valence-electron chi connectivity index (χ0n) is 27.5. The fraction of sp³-hybridized carbons (Fsp3) is 0.750. The highest BCUT2D eigenvalue weighted by Gasteiger charge is 2.34. The van der Waals surface area contributed by atoms with Gasteiger partial charge in [0.1, 0.15) is 18.1 Å². The van der Waals surface area contributed by atoms with Crippen molar-refractivity contribution in [2.75, 3.05) is 6.54 Å². The second-order valence-electron chi connectivity index (χ2n) is 12.5. The summed E-state index contributed by atoms with van der Waals surface area (Å²) in [7, 11) is 0. The number of carboxylic acid groups (broad SMARTS) is 1. The predicted octanol–water partition coefficient (Wildman–Crippen LogP) is 1.54. The van der Waals surface area contributed by atoms with Crippen molar-refractivity contribution in [3.05, 3.63) is 12.7 Å². The molecule has 5 amide bonds. The van der Waals surface area contributed by atoms with Crippen molar-refractivity contribution in [2.45, 2.75) is 129 Å². The molecule has 7 N–H and O–H groups in total. The van der Waals surface area contributed by atoms with E-state index in [4.69, 9.17) is 5.11 Å². The van der Waals surface area contributed by atoms with E-state index in [2.05, 4.69) is 33.2 Å². The van der Waals surface area contributed by atoms with Gasteiger partial charge in [0.25, 0.3) is 0 Å². The fourth-order valence-corrected chi connectivity index (χ4v) is 4.91. The van der Waals surface area contributed by atoms with Crippen molar-refractivity contribution in [2.24, 2.45) is 17.8 Å². The molecule has 0 aromatic rings. The van der Waals surface area contributed by atoms with Crippen LogP contribution in [0.2, 0.25) is 0 Å². The first kappa shape index (κ1) is 39.5. The maximum atomic E-state index is 13.4. The third-order valence-electron chi connectivity index (χ3n) is 7.82. The molecule has 256 valence electrons. The molecule has 0 saturated heterocycles. The Bertz CT molecular complexity index is 1020. The lowest BCUT2D eigenvalue weighted by Crippen LogP contribution is -2.57. The van der Waals surface area contributed by atoms with E-state index in [1.807, 2.05) is 20.8 Å². The summed E-state index contributed by atoms with van der Waals surface area (Å²) in [4.78, 5) is 75.3. The molecule has 1 aliphatic rings. The fourth-order valence-electron chi connectivity index (χ4n) is 4.91. The standard InChI is InChI=1S/C32H55N5O8/c1-7-11-22(35-32(45)29(20(6)8-2)37-26(39)12-10-13-28(41)42)31(44)36-23(16-19(4)5)25(38)18-27(40)34-24(17-21-14-15-21)30(43)33-9-3/h7,19-25,29,38H,1,8-18H2,2-6H3,(H,33,43)(H,34,40)(H,35,45)(H,36,44)(H,37,39)(H,41,42)/t20-,22?,23-,24-,25-,29-/m0/s1. The highest BCUT2D eigenvalue weighted by Crippen LogP contribution is 2.33. The van der Waals surface area contributed by atoms with Crippen LogP contribution >= 0.6 is 0 Å². The number of carboxylic acids is 1. The molecule has 1 aliphatic carbocycles. The number of aliphatic hydroxyl groups is 1. The van der Waals surface area contributed by atoms with Gasteiger partial charge in [0.2, 0.25) is 29.5 Å². The molecule has 1 unspecified atom stereocenters. The van der Waals surface area contributed by atoms with Crippen LogP contribution in [-0.4, -0.2) is 82.5 Å². The lowest BCUT2D eigenvalue weighted by atomic mass is 9.95. The van der Waals surface area contributed by atoms with Crippen LogP contribution in [0.4, 0.5) is 0 Å². The molecule has 1 saturated carbocycles. The number of carbonyl (C=O) groups excluding carboxylic acids is 5. The van der Waals surface area contributed by atoms with E-state index in [0.29, 0.717) is 31.7 Å². The summed E-state index contributed by atoms with van der Waals surface area (Å²) < 4.78 is 0. The van der Waals surface area contributed by atoms with Gasteiger partial charge in [-0.2, -0.15) is 0 Å². The number of likely N-dealkylation sites (N-methyl/N-ethyl adjacent to an activating group) is 1. The maximum absolute atomic E-state index is 13.4. The topological polar surface area (TPSA) is 203 Å². The summed E-state index contributed by atoms with van der Waals surface area (Å²) in [6, 6.07) is -3.54. The first-order chi connectivity index (χ1) is 21.2. The number of aliphatic carboxylic acids is 1.